The topological polar surface area (TPSA) is 65.1 Å². The van der Waals surface area contributed by atoms with Crippen molar-refractivity contribution in [1.82, 2.24) is 0 Å². The number of hydrogen-bond acceptors (Lipinski definition) is 5. The van der Waals surface area contributed by atoms with Crippen molar-refractivity contribution in [2.45, 2.75) is 25.9 Å². The summed E-state index contributed by atoms with van der Waals surface area (Å²) in [7, 11) is 2.98. The summed E-state index contributed by atoms with van der Waals surface area (Å²) in [6.45, 7) is 2.94. The molecule has 1 aromatic rings. The number of rotatable bonds is 6. The van der Waals surface area contributed by atoms with Gasteiger partial charge >= 0.3 is 5.97 Å². The van der Waals surface area contributed by atoms with E-state index in [0.717, 1.165) is 12.8 Å². The van der Waals surface area contributed by atoms with E-state index in [9.17, 15) is 9.59 Å². The number of anilines is 1. The van der Waals surface area contributed by atoms with Crippen LogP contribution in [0.3, 0.4) is 0 Å². The molecule has 0 saturated heterocycles. The van der Waals surface area contributed by atoms with Crippen LogP contribution in [0, 0.1) is 0 Å². The Morgan fingerprint density at radius 3 is 2.77 bits per heavy atom. The van der Waals surface area contributed by atoms with Crippen molar-refractivity contribution in [2.24, 2.45) is 0 Å². The molecule has 0 bridgehead atoms. The first-order valence-corrected chi connectivity index (χ1v) is 7.27. The number of unbranched alkanes of at least 4 members (excludes halogenated alkanes) is 1. The lowest BCUT2D eigenvalue weighted by molar-refractivity contribution is -0.125. The molecule has 0 saturated carbocycles. The highest BCUT2D eigenvalue weighted by Crippen LogP contribution is 2.35. The predicted octanol–water partition coefficient (Wildman–Crippen LogP) is 2.01. The highest BCUT2D eigenvalue weighted by Gasteiger charge is 2.31. The molecular formula is C16H21NO5. The molecule has 1 aliphatic rings. The maximum Gasteiger partial charge on any atom is 0.337 e. The molecule has 22 heavy (non-hydrogen) atoms. The predicted molar refractivity (Wildman–Crippen MR) is 81.3 cm³/mol. The molecule has 0 N–H and O–H groups in total. The van der Waals surface area contributed by atoms with Crippen LogP contribution in [-0.2, 0) is 14.3 Å². The Hall–Kier alpha value is -2.08. The van der Waals surface area contributed by atoms with Crippen LogP contribution in [0.15, 0.2) is 18.2 Å². The standard InChI is InChI=1S/C16H21NO5/c1-11-15(18)17(8-4-5-9-20-2)13-10-12(16(19)21-3)6-7-14(13)22-11/h6-7,10-11H,4-5,8-9H2,1-3H3/t11-/m1/s1. The molecule has 0 aliphatic carbocycles. The van der Waals surface area contributed by atoms with E-state index in [1.165, 1.54) is 7.11 Å². The summed E-state index contributed by atoms with van der Waals surface area (Å²) in [6.07, 6.45) is 1.15. The SMILES string of the molecule is COCCCCN1C(=O)[C@@H](C)Oc2ccc(C(=O)OC)cc21. The van der Waals surface area contributed by atoms with E-state index in [1.807, 2.05) is 0 Å². The lowest BCUT2D eigenvalue weighted by Gasteiger charge is -2.33. The number of carbonyl (C=O) groups excluding carboxylic acids is 2. The quantitative estimate of drug-likeness (QED) is 0.594. The molecule has 6 nitrogen and oxygen atoms in total. The largest absolute Gasteiger partial charge is 0.479 e. The van der Waals surface area contributed by atoms with Crippen LogP contribution in [0.1, 0.15) is 30.1 Å². The molecule has 0 spiro atoms. The zero-order valence-corrected chi connectivity index (χ0v) is 13.1. The van der Waals surface area contributed by atoms with Crippen LogP contribution in [0.4, 0.5) is 5.69 Å². The van der Waals surface area contributed by atoms with E-state index in [-0.39, 0.29) is 5.91 Å². The average Bonchev–Trinajstić information content (AvgIpc) is 2.53. The van der Waals surface area contributed by atoms with Gasteiger partial charge in [-0.05, 0) is 38.0 Å². The van der Waals surface area contributed by atoms with E-state index < -0.39 is 12.1 Å². The molecule has 2 rings (SSSR count). The van der Waals surface area contributed by atoms with Crippen molar-refractivity contribution in [3.05, 3.63) is 23.8 Å². The fraction of sp³-hybridized carbons (Fsp3) is 0.500. The Morgan fingerprint density at radius 2 is 2.09 bits per heavy atom. The van der Waals surface area contributed by atoms with E-state index >= 15 is 0 Å². The first kappa shape index (κ1) is 16.3. The summed E-state index contributed by atoms with van der Waals surface area (Å²) in [6, 6.07) is 4.98. The third-order valence-corrected chi connectivity index (χ3v) is 3.57. The van der Waals surface area contributed by atoms with Gasteiger partial charge in [0.2, 0.25) is 0 Å². The maximum absolute atomic E-state index is 12.4. The van der Waals surface area contributed by atoms with Gasteiger partial charge in [0, 0.05) is 20.3 Å². The molecule has 0 radical (unpaired) electrons. The number of methoxy groups -OCH3 is 2. The lowest BCUT2D eigenvalue weighted by Crippen LogP contribution is -2.45. The molecule has 6 heteroatoms. The summed E-state index contributed by atoms with van der Waals surface area (Å²) in [5, 5.41) is 0. The van der Waals surface area contributed by atoms with Gasteiger partial charge in [-0.3, -0.25) is 4.79 Å². The molecule has 0 fully saturated rings. The van der Waals surface area contributed by atoms with Gasteiger partial charge in [0.1, 0.15) is 5.75 Å². The number of ether oxygens (including phenoxy) is 3. The van der Waals surface area contributed by atoms with Crippen LogP contribution < -0.4 is 9.64 Å². The van der Waals surface area contributed by atoms with Gasteiger partial charge in [0.05, 0.1) is 18.4 Å². The third kappa shape index (κ3) is 3.39. The normalized spacial score (nSPS) is 17.0. The number of nitrogens with zero attached hydrogens (tertiary/aromatic N) is 1. The minimum absolute atomic E-state index is 0.105. The average molecular weight is 307 g/mol. The first-order valence-electron chi connectivity index (χ1n) is 7.27. The Morgan fingerprint density at radius 1 is 1.32 bits per heavy atom. The third-order valence-electron chi connectivity index (χ3n) is 3.57. The van der Waals surface area contributed by atoms with Gasteiger partial charge in [0.25, 0.3) is 5.91 Å². The van der Waals surface area contributed by atoms with Crippen LogP contribution in [0.25, 0.3) is 0 Å². The number of fused-ring (bicyclic) bond motifs is 1. The minimum atomic E-state index is -0.529. The molecule has 0 aromatic heterocycles. The summed E-state index contributed by atoms with van der Waals surface area (Å²) in [4.78, 5) is 25.7. The molecule has 1 atom stereocenters. The van der Waals surface area contributed by atoms with E-state index in [0.29, 0.717) is 30.2 Å². The molecule has 1 aromatic carbocycles. The van der Waals surface area contributed by atoms with Crippen LogP contribution in [0.5, 0.6) is 5.75 Å². The molecule has 1 heterocycles. The van der Waals surface area contributed by atoms with Crippen LogP contribution >= 0.6 is 0 Å². The Balaban J connectivity index is 2.25. The number of amides is 1. The lowest BCUT2D eigenvalue weighted by atomic mass is 10.1. The summed E-state index contributed by atoms with van der Waals surface area (Å²) in [5.41, 5.74) is 1.01. The second-order valence-electron chi connectivity index (χ2n) is 5.12. The van der Waals surface area contributed by atoms with Crippen molar-refractivity contribution in [3.63, 3.8) is 0 Å². The van der Waals surface area contributed by atoms with E-state index in [1.54, 1.807) is 37.1 Å². The fourth-order valence-electron chi connectivity index (χ4n) is 2.40. The van der Waals surface area contributed by atoms with Crippen molar-refractivity contribution < 1.29 is 23.8 Å². The number of carbonyl (C=O) groups is 2. The highest BCUT2D eigenvalue weighted by molar-refractivity contribution is 6.01. The van der Waals surface area contributed by atoms with E-state index in [2.05, 4.69) is 0 Å². The van der Waals surface area contributed by atoms with Gasteiger partial charge in [-0.1, -0.05) is 0 Å². The monoisotopic (exact) mass is 307 g/mol. The van der Waals surface area contributed by atoms with Crippen LogP contribution in [-0.4, -0.2) is 45.4 Å². The van der Waals surface area contributed by atoms with Crippen molar-refractivity contribution >= 4 is 17.6 Å². The maximum atomic E-state index is 12.4. The van der Waals surface area contributed by atoms with E-state index in [4.69, 9.17) is 14.2 Å². The van der Waals surface area contributed by atoms with Crippen LogP contribution in [0.2, 0.25) is 0 Å². The summed E-state index contributed by atoms with van der Waals surface area (Å²) < 4.78 is 15.4. The number of benzene rings is 1. The molecule has 1 amide bonds. The summed E-state index contributed by atoms with van der Waals surface area (Å²) >= 11 is 0. The van der Waals surface area contributed by atoms with Gasteiger partial charge in [0.15, 0.2) is 6.10 Å². The van der Waals surface area contributed by atoms with Gasteiger partial charge in [-0.15, -0.1) is 0 Å². The Labute approximate surface area is 129 Å². The van der Waals surface area contributed by atoms with Gasteiger partial charge in [-0.2, -0.15) is 0 Å². The Kier molecular flexibility index (Phi) is 5.38. The smallest absolute Gasteiger partial charge is 0.337 e. The van der Waals surface area contributed by atoms with Crippen molar-refractivity contribution in [3.8, 4) is 5.75 Å². The van der Waals surface area contributed by atoms with Gasteiger partial charge in [-0.25, -0.2) is 4.79 Å². The zero-order chi connectivity index (χ0) is 16.1. The second kappa shape index (κ2) is 7.26. The molecule has 1 aliphatic heterocycles. The summed E-state index contributed by atoms with van der Waals surface area (Å²) in [5.74, 6) is 0.0617. The zero-order valence-electron chi connectivity index (χ0n) is 13.1. The number of hydrogen-bond donors (Lipinski definition) is 0. The highest BCUT2D eigenvalue weighted by atomic mass is 16.5. The number of esters is 1. The molecular weight excluding hydrogens is 286 g/mol. The van der Waals surface area contributed by atoms with Gasteiger partial charge < -0.3 is 19.1 Å². The fourth-order valence-corrected chi connectivity index (χ4v) is 2.40. The van der Waals surface area contributed by atoms with Crippen molar-refractivity contribution in [2.75, 3.05) is 32.3 Å². The second-order valence-corrected chi connectivity index (χ2v) is 5.12. The Bertz CT molecular complexity index is 557. The molecule has 0 unspecified atom stereocenters. The van der Waals surface area contributed by atoms with Crippen molar-refractivity contribution in [1.29, 1.82) is 0 Å². The molecule has 120 valence electrons. The minimum Gasteiger partial charge on any atom is -0.479 e. The first-order chi connectivity index (χ1) is 10.6.